The summed E-state index contributed by atoms with van der Waals surface area (Å²) in [7, 11) is 0. The first-order valence-electron chi connectivity index (χ1n) is 7.59. The lowest BCUT2D eigenvalue weighted by atomic mass is 9.80. The first kappa shape index (κ1) is 13.9. The molecule has 2 fully saturated rings. The van der Waals surface area contributed by atoms with Crippen molar-refractivity contribution in [3.05, 3.63) is 34.9 Å². The van der Waals surface area contributed by atoms with Gasteiger partial charge < -0.3 is 5.11 Å². The lowest BCUT2D eigenvalue weighted by Crippen LogP contribution is -2.23. The lowest BCUT2D eigenvalue weighted by Gasteiger charge is -2.24. The zero-order valence-corrected chi connectivity index (χ0v) is 12.4. The second kappa shape index (κ2) is 5.77. The molecule has 1 aromatic carbocycles. The van der Waals surface area contributed by atoms with Crippen molar-refractivity contribution in [3.63, 3.8) is 0 Å². The van der Waals surface area contributed by atoms with Crippen LogP contribution in [-0.4, -0.2) is 11.1 Å². The number of hydrogen-bond acceptors (Lipinski definition) is 1. The summed E-state index contributed by atoms with van der Waals surface area (Å²) >= 11 is 5.98. The minimum atomic E-state index is -0.659. The Labute approximate surface area is 125 Å². The predicted molar refractivity (Wildman–Crippen MR) is 79.8 cm³/mol. The third-order valence-corrected chi connectivity index (χ3v) is 5.43. The quantitative estimate of drug-likeness (QED) is 0.873. The molecule has 0 radical (unpaired) electrons. The van der Waals surface area contributed by atoms with E-state index in [0.717, 1.165) is 23.8 Å². The summed E-state index contributed by atoms with van der Waals surface area (Å²) in [6.07, 6.45) is 6.72. The number of halogens is 1. The molecular weight excluding hydrogens is 272 g/mol. The first-order chi connectivity index (χ1) is 9.61. The molecule has 0 aromatic heterocycles. The van der Waals surface area contributed by atoms with Gasteiger partial charge in [0.15, 0.2) is 0 Å². The number of benzene rings is 1. The van der Waals surface area contributed by atoms with Gasteiger partial charge in [0.1, 0.15) is 0 Å². The highest BCUT2D eigenvalue weighted by Crippen LogP contribution is 2.50. The standard InChI is InChI=1S/C17H21ClO2/c18-16-3-1-2-11(9-16)8-15(17(19)20)10-14-7-12-4-5-13(14)6-12/h1-3,9,12-15H,4-8,10H2,(H,19,20). The molecule has 0 spiro atoms. The fourth-order valence-electron chi connectivity index (χ4n) is 4.25. The Morgan fingerprint density at radius 1 is 1.35 bits per heavy atom. The molecule has 4 unspecified atom stereocenters. The van der Waals surface area contributed by atoms with Crippen LogP contribution in [-0.2, 0) is 11.2 Å². The summed E-state index contributed by atoms with van der Waals surface area (Å²) in [5.74, 6) is 1.38. The van der Waals surface area contributed by atoms with E-state index in [4.69, 9.17) is 11.6 Å². The van der Waals surface area contributed by atoms with Crippen LogP contribution in [0.15, 0.2) is 24.3 Å². The SMILES string of the molecule is O=C(O)C(Cc1cccc(Cl)c1)CC1CC2CCC1C2. The number of fused-ring (bicyclic) bond motifs is 2. The summed E-state index contributed by atoms with van der Waals surface area (Å²) in [4.78, 5) is 11.5. The Kier molecular flexibility index (Phi) is 4.02. The Balaban J connectivity index is 1.65. The van der Waals surface area contributed by atoms with Gasteiger partial charge in [-0.15, -0.1) is 0 Å². The largest absolute Gasteiger partial charge is 0.481 e. The van der Waals surface area contributed by atoms with Crippen molar-refractivity contribution in [1.82, 2.24) is 0 Å². The van der Waals surface area contributed by atoms with E-state index in [2.05, 4.69) is 0 Å². The molecule has 1 N–H and O–H groups in total. The van der Waals surface area contributed by atoms with Gasteiger partial charge >= 0.3 is 5.97 Å². The van der Waals surface area contributed by atoms with E-state index in [1.54, 1.807) is 0 Å². The van der Waals surface area contributed by atoms with Gasteiger partial charge in [-0.3, -0.25) is 4.79 Å². The Morgan fingerprint density at radius 2 is 2.20 bits per heavy atom. The van der Waals surface area contributed by atoms with Crippen LogP contribution in [0.3, 0.4) is 0 Å². The van der Waals surface area contributed by atoms with Crippen LogP contribution in [0.1, 0.15) is 37.7 Å². The molecule has 3 rings (SSSR count). The molecule has 1 aromatic rings. The van der Waals surface area contributed by atoms with E-state index in [1.165, 1.54) is 25.7 Å². The molecule has 4 atom stereocenters. The molecule has 2 saturated carbocycles. The van der Waals surface area contributed by atoms with Crippen LogP contribution in [0.2, 0.25) is 5.02 Å². The number of carboxylic acids is 1. The summed E-state index contributed by atoms with van der Waals surface area (Å²) in [5, 5.41) is 10.2. The van der Waals surface area contributed by atoms with E-state index < -0.39 is 5.97 Å². The van der Waals surface area contributed by atoms with Crippen LogP contribution < -0.4 is 0 Å². The average Bonchev–Trinajstić information content (AvgIpc) is 3.00. The molecule has 2 aliphatic rings. The van der Waals surface area contributed by atoms with Gasteiger partial charge in [-0.25, -0.2) is 0 Å². The molecule has 2 bridgehead atoms. The molecular formula is C17H21ClO2. The maximum Gasteiger partial charge on any atom is 0.306 e. The van der Waals surface area contributed by atoms with Crippen LogP contribution in [0, 0.1) is 23.7 Å². The van der Waals surface area contributed by atoms with E-state index in [1.807, 2.05) is 24.3 Å². The molecule has 0 saturated heterocycles. The van der Waals surface area contributed by atoms with Gasteiger partial charge in [-0.2, -0.15) is 0 Å². The van der Waals surface area contributed by atoms with Gasteiger partial charge in [-0.05, 0) is 67.6 Å². The fourth-order valence-corrected chi connectivity index (χ4v) is 4.46. The first-order valence-corrected chi connectivity index (χ1v) is 7.97. The highest BCUT2D eigenvalue weighted by atomic mass is 35.5. The number of rotatable bonds is 5. The average molecular weight is 293 g/mol. The second-order valence-corrected chi connectivity index (χ2v) is 6.98. The van der Waals surface area contributed by atoms with E-state index in [9.17, 15) is 9.90 Å². The van der Waals surface area contributed by atoms with Gasteiger partial charge in [0.25, 0.3) is 0 Å². The summed E-state index contributed by atoms with van der Waals surface area (Å²) in [5.41, 5.74) is 1.04. The van der Waals surface area contributed by atoms with Crippen molar-refractivity contribution in [2.75, 3.05) is 0 Å². The van der Waals surface area contributed by atoms with Crippen LogP contribution in [0.25, 0.3) is 0 Å². The predicted octanol–water partition coefficient (Wildman–Crippen LogP) is 4.41. The smallest absolute Gasteiger partial charge is 0.306 e. The third-order valence-electron chi connectivity index (χ3n) is 5.19. The molecule has 2 nitrogen and oxygen atoms in total. The van der Waals surface area contributed by atoms with Crippen molar-refractivity contribution in [1.29, 1.82) is 0 Å². The number of aliphatic carboxylic acids is 1. The number of carboxylic acid groups (broad SMARTS) is 1. The maximum atomic E-state index is 11.5. The molecule has 2 aliphatic carbocycles. The van der Waals surface area contributed by atoms with Crippen LogP contribution in [0.4, 0.5) is 0 Å². The van der Waals surface area contributed by atoms with Crippen molar-refractivity contribution in [2.45, 2.75) is 38.5 Å². The molecule has 20 heavy (non-hydrogen) atoms. The fraction of sp³-hybridized carbons (Fsp3) is 0.588. The highest BCUT2D eigenvalue weighted by Gasteiger charge is 2.40. The van der Waals surface area contributed by atoms with Crippen LogP contribution in [0.5, 0.6) is 0 Å². The Morgan fingerprint density at radius 3 is 2.80 bits per heavy atom. The molecule has 0 amide bonds. The monoisotopic (exact) mass is 292 g/mol. The number of hydrogen-bond donors (Lipinski definition) is 1. The summed E-state index contributed by atoms with van der Waals surface area (Å²) in [6, 6.07) is 7.59. The zero-order chi connectivity index (χ0) is 14.1. The highest BCUT2D eigenvalue weighted by molar-refractivity contribution is 6.30. The second-order valence-electron chi connectivity index (χ2n) is 6.54. The topological polar surface area (TPSA) is 37.3 Å². The molecule has 3 heteroatoms. The Bertz CT molecular complexity index is 500. The molecule has 0 aliphatic heterocycles. The summed E-state index contributed by atoms with van der Waals surface area (Å²) in [6.45, 7) is 0. The minimum absolute atomic E-state index is 0.266. The van der Waals surface area contributed by atoms with Gasteiger partial charge in [0.05, 0.1) is 5.92 Å². The summed E-state index contributed by atoms with van der Waals surface area (Å²) < 4.78 is 0. The van der Waals surface area contributed by atoms with Crippen LogP contribution >= 0.6 is 11.6 Å². The van der Waals surface area contributed by atoms with Gasteiger partial charge in [0.2, 0.25) is 0 Å². The van der Waals surface area contributed by atoms with E-state index in [0.29, 0.717) is 17.4 Å². The minimum Gasteiger partial charge on any atom is -0.481 e. The lowest BCUT2D eigenvalue weighted by molar-refractivity contribution is -0.142. The van der Waals surface area contributed by atoms with E-state index in [-0.39, 0.29) is 5.92 Å². The van der Waals surface area contributed by atoms with Crippen molar-refractivity contribution < 1.29 is 9.90 Å². The Hall–Kier alpha value is -1.02. The van der Waals surface area contributed by atoms with Crippen molar-refractivity contribution in [3.8, 4) is 0 Å². The molecule has 108 valence electrons. The van der Waals surface area contributed by atoms with Crippen molar-refractivity contribution >= 4 is 17.6 Å². The third kappa shape index (κ3) is 3.01. The zero-order valence-electron chi connectivity index (χ0n) is 11.6. The maximum absolute atomic E-state index is 11.5. The number of carbonyl (C=O) groups is 1. The van der Waals surface area contributed by atoms with E-state index >= 15 is 0 Å². The normalized spacial score (nSPS) is 29.6. The van der Waals surface area contributed by atoms with Gasteiger partial charge in [0, 0.05) is 5.02 Å². The van der Waals surface area contributed by atoms with Gasteiger partial charge in [-0.1, -0.05) is 30.2 Å². The molecule has 0 heterocycles. The van der Waals surface area contributed by atoms with Crippen molar-refractivity contribution in [2.24, 2.45) is 23.7 Å².